The molecule has 2 aliphatic heterocycles. The van der Waals surface area contributed by atoms with Crippen molar-refractivity contribution in [3.05, 3.63) is 0 Å². The molecule has 2 aliphatic rings. The van der Waals surface area contributed by atoms with Crippen LogP contribution in [0.25, 0.3) is 0 Å². The first-order chi connectivity index (χ1) is 20.3. The van der Waals surface area contributed by atoms with Crippen LogP contribution < -0.4 is 10.6 Å². The van der Waals surface area contributed by atoms with Gasteiger partial charge in [0.05, 0.1) is 6.61 Å². The fourth-order valence-electron chi connectivity index (χ4n) is 8.96. The molecule has 0 aliphatic carbocycles. The second-order valence-corrected chi connectivity index (χ2v) is 15.5. The van der Waals surface area contributed by atoms with Crippen LogP contribution in [0.2, 0.25) is 0 Å². The van der Waals surface area contributed by atoms with Crippen molar-refractivity contribution in [2.75, 3.05) is 6.61 Å². The Morgan fingerprint density at radius 2 is 1.20 bits per heavy atom. The van der Waals surface area contributed by atoms with Crippen molar-refractivity contribution in [1.82, 2.24) is 10.6 Å². The zero-order chi connectivity index (χ0) is 33.7. The van der Waals surface area contributed by atoms with Gasteiger partial charge in [0.2, 0.25) is 0 Å². The number of esters is 1. The van der Waals surface area contributed by atoms with Crippen LogP contribution in [0.15, 0.2) is 0 Å². The van der Waals surface area contributed by atoms with Crippen LogP contribution in [-0.4, -0.2) is 56.9 Å². The Kier molecular flexibility index (Phi) is 13.0. The Bertz CT molecular complexity index is 943. The minimum Gasteiger partial charge on any atom is -0.480 e. The zero-order valence-corrected chi connectivity index (χ0v) is 29.9. The number of hydrogen-bond donors (Lipinski definition) is 4. The van der Waals surface area contributed by atoms with Gasteiger partial charge in [0.1, 0.15) is 0 Å². The molecule has 2 heterocycles. The summed E-state index contributed by atoms with van der Waals surface area (Å²) >= 11 is 0. The molecule has 0 aromatic carbocycles. The van der Waals surface area contributed by atoms with Crippen molar-refractivity contribution < 1.29 is 29.3 Å². The zero-order valence-electron chi connectivity index (χ0n) is 29.9. The second kappa shape index (κ2) is 14.8. The molecule has 8 atom stereocenters. The van der Waals surface area contributed by atoms with Crippen LogP contribution in [0.1, 0.15) is 147 Å². The average molecular weight is 623 g/mol. The first kappa shape index (κ1) is 38.5. The Morgan fingerprint density at radius 1 is 0.773 bits per heavy atom. The first-order valence-electron chi connectivity index (χ1n) is 17.6. The average Bonchev–Trinajstić information content (AvgIpc) is 2.97. The normalized spacial score (nSPS) is 36.9. The lowest BCUT2D eigenvalue weighted by Gasteiger charge is -2.60. The molecule has 2 fully saturated rings. The number of rotatable bonds is 16. The summed E-state index contributed by atoms with van der Waals surface area (Å²) in [7, 11) is 0. The highest BCUT2D eigenvalue weighted by Crippen LogP contribution is 2.53. The summed E-state index contributed by atoms with van der Waals surface area (Å²) in [6, 6.07) is 0. The van der Waals surface area contributed by atoms with E-state index in [9.17, 15) is 24.6 Å². The van der Waals surface area contributed by atoms with Gasteiger partial charge in [-0.1, -0.05) is 48.0 Å². The fraction of sp³-hybridized carbons (Fsp3) is 0.917. The van der Waals surface area contributed by atoms with E-state index in [-0.39, 0.29) is 48.0 Å². The summed E-state index contributed by atoms with van der Waals surface area (Å²) in [4.78, 5) is 37.3. The van der Waals surface area contributed by atoms with Gasteiger partial charge in [0.15, 0.2) is 5.41 Å². The lowest BCUT2D eigenvalue weighted by Crippen LogP contribution is -2.68. The van der Waals surface area contributed by atoms with E-state index in [0.29, 0.717) is 36.0 Å². The van der Waals surface area contributed by atoms with Gasteiger partial charge in [-0.05, 0) is 122 Å². The quantitative estimate of drug-likeness (QED) is 0.103. The van der Waals surface area contributed by atoms with Crippen LogP contribution in [0.3, 0.4) is 0 Å². The van der Waals surface area contributed by atoms with E-state index in [4.69, 9.17) is 4.74 Å². The van der Waals surface area contributed by atoms with E-state index < -0.39 is 23.3 Å². The minimum atomic E-state index is -2.01. The molecule has 0 radical (unpaired) electrons. The summed E-state index contributed by atoms with van der Waals surface area (Å²) < 4.78 is 5.01. The Morgan fingerprint density at radius 3 is 1.55 bits per heavy atom. The van der Waals surface area contributed by atoms with E-state index in [1.54, 1.807) is 6.92 Å². The van der Waals surface area contributed by atoms with Crippen molar-refractivity contribution in [2.24, 2.45) is 35.0 Å². The summed E-state index contributed by atoms with van der Waals surface area (Å²) in [5.74, 6) is -1.39. The number of piperidine rings is 2. The molecule has 0 bridgehead atoms. The van der Waals surface area contributed by atoms with Gasteiger partial charge >= 0.3 is 17.9 Å². The van der Waals surface area contributed by atoms with Gasteiger partial charge in [-0.25, -0.2) is 0 Å². The molecule has 0 spiro atoms. The van der Waals surface area contributed by atoms with Crippen molar-refractivity contribution in [2.45, 2.75) is 169 Å². The molecule has 0 aromatic heterocycles. The highest BCUT2D eigenvalue weighted by Gasteiger charge is 2.55. The number of ether oxygens (including phenoxy) is 1. The number of carboxylic acids is 2. The van der Waals surface area contributed by atoms with Crippen LogP contribution in [-0.2, 0) is 19.1 Å². The third-order valence-electron chi connectivity index (χ3n) is 13.0. The molecule has 0 aromatic rings. The van der Waals surface area contributed by atoms with E-state index in [0.717, 1.165) is 44.9 Å². The Balaban J connectivity index is 2.57. The maximum atomic E-state index is 12.6. The number of hydrogen-bond acceptors (Lipinski definition) is 6. The van der Waals surface area contributed by atoms with Crippen molar-refractivity contribution in [3.63, 3.8) is 0 Å². The van der Waals surface area contributed by atoms with Gasteiger partial charge in [-0.15, -0.1) is 0 Å². The predicted molar refractivity (Wildman–Crippen MR) is 177 cm³/mol. The topological polar surface area (TPSA) is 125 Å². The number of nitrogens with one attached hydrogen (secondary N) is 2. The van der Waals surface area contributed by atoms with Gasteiger partial charge in [0.25, 0.3) is 0 Å². The van der Waals surface area contributed by atoms with Crippen LogP contribution in [0.5, 0.6) is 0 Å². The van der Waals surface area contributed by atoms with Gasteiger partial charge in [-0.3, -0.25) is 14.4 Å². The summed E-state index contributed by atoms with van der Waals surface area (Å²) in [5, 5.41) is 28.6. The van der Waals surface area contributed by atoms with E-state index in [1.807, 2.05) is 0 Å². The third kappa shape index (κ3) is 8.00. The van der Waals surface area contributed by atoms with Crippen LogP contribution in [0.4, 0.5) is 0 Å². The standard InChI is InChI=1S/C36H66N2O6/c1-12-32(8)22-27(24(6)34(10,14-3)37-32)26(28-23-33(9,13-2)38-35(11,15-4)25(28)7)18-17-20-36(30(40)41,31(42)43)21-19-29(39)44-16-5/h24-28,37-38H,12-23H2,1-11H3,(H,40,41)(H,42,43). The Labute approximate surface area is 268 Å². The van der Waals surface area contributed by atoms with Gasteiger partial charge in [-0.2, -0.15) is 0 Å². The largest absolute Gasteiger partial charge is 0.480 e. The molecule has 2 saturated heterocycles. The van der Waals surface area contributed by atoms with Crippen molar-refractivity contribution >= 4 is 17.9 Å². The van der Waals surface area contributed by atoms with E-state index in [2.05, 4.69) is 79.9 Å². The molecular weight excluding hydrogens is 556 g/mol. The lowest BCUT2D eigenvalue weighted by atomic mass is 9.54. The van der Waals surface area contributed by atoms with Crippen molar-refractivity contribution in [3.8, 4) is 0 Å². The fourth-order valence-corrected chi connectivity index (χ4v) is 8.96. The Hall–Kier alpha value is -1.67. The van der Waals surface area contributed by atoms with Crippen LogP contribution >= 0.6 is 0 Å². The molecule has 44 heavy (non-hydrogen) atoms. The molecule has 8 heteroatoms. The summed E-state index contributed by atoms with van der Waals surface area (Å²) in [6.07, 6.45) is 6.92. The van der Waals surface area contributed by atoms with Crippen LogP contribution in [0, 0.1) is 35.0 Å². The molecule has 2 rings (SSSR count). The summed E-state index contributed by atoms with van der Waals surface area (Å²) in [6.45, 7) is 25.1. The number of carboxylic acid groups (broad SMARTS) is 2. The number of aliphatic carboxylic acids is 2. The molecule has 256 valence electrons. The third-order valence-corrected chi connectivity index (χ3v) is 13.0. The highest BCUT2D eigenvalue weighted by atomic mass is 16.5. The van der Waals surface area contributed by atoms with Gasteiger partial charge < -0.3 is 25.6 Å². The van der Waals surface area contributed by atoms with Crippen molar-refractivity contribution in [1.29, 1.82) is 0 Å². The monoisotopic (exact) mass is 622 g/mol. The maximum Gasteiger partial charge on any atom is 0.321 e. The minimum absolute atomic E-state index is 0.00153. The van der Waals surface area contributed by atoms with Gasteiger partial charge in [0, 0.05) is 28.6 Å². The summed E-state index contributed by atoms with van der Waals surface area (Å²) in [5.41, 5.74) is -2.10. The number of carbonyl (C=O) groups is 3. The molecular formula is C36H66N2O6. The molecule has 0 amide bonds. The molecule has 8 nitrogen and oxygen atoms in total. The molecule has 0 saturated carbocycles. The maximum absolute atomic E-state index is 12.6. The second-order valence-electron chi connectivity index (χ2n) is 15.5. The highest BCUT2D eigenvalue weighted by molar-refractivity contribution is 5.98. The molecule has 8 unspecified atom stereocenters. The molecule has 4 N–H and O–H groups in total. The first-order valence-corrected chi connectivity index (χ1v) is 17.6. The number of carbonyl (C=O) groups excluding carboxylic acids is 1. The lowest BCUT2D eigenvalue weighted by molar-refractivity contribution is -0.166. The van der Waals surface area contributed by atoms with E-state index in [1.165, 1.54) is 0 Å². The smallest absolute Gasteiger partial charge is 0.321 e. The SMILES string of the molecule is CCOC(=O)CCC(CCCC(C1CC(C)(CC)NC(C)(CC)C1C)C1CC(C)(CC)NC(C)(CC)C1C)(C(=O)O)C(=O)O. The van der Waals surface area contributed by atoms with E-state index >= 15 is 0 Å². The predicted octanol–water partition coefficient (Wildman–Crippen LogP) is 7.44.